The van der Waals surface area contributed by atoms with E-state index in [1.807, 2.05) is 35.2 Å². The SMILES string of the molecule is COc1cccc2cc(C(=O)N3CCN(c4ccc(Br)cn4)CC3)oc12. The Hall–Kier alpha value is -2.54. The van der Waals surface area contributed by atoms with Gasteiger partial charge in [0.05, 0.1) is 7.11 Å². The molecule has 6 nitrogen and oxygen atoms in total. The number of pyridine rings is 1. The first kappa shape index (κ1) is 16.9. The lowest BCUT2D eigenvalue weighted by Crippen LogP contribution is -2.49. The topological polar surface area (TPSA) is 58.8 Å². The number of carbonyl (C=O) groups is 1. The van der Waals surface area contributed by atoms with E-state index in [2.05, 4.69) is 25.8 Å². The van der Waals surface area contributed by atoms with E-state index in [9.17, 15) is 4.79 Å². The molecule has 1 aliphatic rings. The van der Waals surface area contributed by atoms with E-state index in [1.54, 1.807) is 19.4 Å². The third-order valence-corrected chi connectivity index (χ3v) is 5.01. The highest BCUT2D eigenvalue weighted by molar-refractivity contribution is 9.10. The molecule has 0 saturated carbocycles. The van der Waals surface area contributed by atoms with Crippen LogP contribution in [-0.4, -0.2) is 49.1 Å². The summed E-state index contributed by atoms with van der Waals surface area (Å²) in [6, 6.07) is 11.4. The van der Waals surface area contributed by atoms with Gasteiger partial charge in [0, 0.05) is 42.2 Å². The fourth-order valence-corrected chi connectivity index (χ4v) is 3.39. The Morgan fingerprint density at radius 2 is 2.00 bits per heavy atom. The zero-order chi connectivity index (χ0) is 18.1. The van der Waals surface area contributed by atoms with Crippen molar-refractivity contribution in [2.24, 2.45) is 0 Å². The van der Waals surface area contributed by atoms with Crippen LogP contribution >= 0.6 is 15.9 Å². The minimum absolute atomic E-state index is 0.0910. The van der Waals surface area contributed by atoms with Crippen LogP contribution in [0.25, 0.3) is 11.0 Å². The molecule has 0 aliphatic carbocycles. The largest absolute Gasteiger partial charge is 0.493 e. The van der Waals surface area contributed by atoms with Gasteiger partial charge in [-0.05, 0) is 40.2 Å². The number of halogens is 1. The molecule has 3 heterocycles. The van der Waals surface area contributed by atoms with Gasteiger partial charge < -0.3 is 19.0 Å². The maximum atomic E-state index is 12.8. The first-order chi connectivity index (χ1) is 12.7. The van der Waals surface area contributed by atoms with Gasteiger partial charge in [-0.2, -0.15) is 0 Å². The molecule has 0 atom stereocenters. The average Bonchev–Trinajstić information content (AvgIpc) is 3.12. The number of aromatic nitrogens is 1. The first-order valence-electron chi connectivity index (χ1n) is 8.38. The van der Waals surface area contributed by atoms with Crippen molar-refractivity contribution in [2.75, 3.05) is 38.2 Å². The van der Waals surface area contributed by atoms with Crippen molar-refractivity contribution in [3.63, 3.8) is 0 Å². The van der Waals surface area contributed by atoms with Crippen LogP contribution in [0.3, 0.4) is 0 Å². The van der Waals surface area contributed by atoms with Gasteiger partial charge in [-0.3, -0.25) is 4.79 Å². The van der Waals surface area contributed by atoms with Crippen LogP contribution in [0.4, 0.5) is 5.82 Å². The fourth-order valence-electron chi connectivity index (χ4n) is 3.15. The highest BCUT2D eigenvalue weighted by Crippen LogP contribution is 2.29. The summed E-state index contributed by atoms with van der Waals surface area (Å²) in [6.45, 7) is 2.74. The summed E-state index contributed by atoms with van der Waals surface area (Å²) in [4.78, 5) is 21.2. The summed E-state index contributed by atoms with van der Waals surface area (Å²) in [5.41, 5.74) is 0.607. The van der Waals surface area contributed by atoms with E-state index in [1.165, 1.54) is 0 Å². The third kappa shape index (κ3) is 3.14. The van der Waals surface area contributed by atoms with Crippen LogP contribution in [0.1, 0.15) is 10.6 Å². The number of amides is 1. The van der Waals surface area contributed by atoms with Gasteiger partial charge in [-0.15, -0.1) is 0 Å². The molecule has 0 N–H and O–H groups in total. The van der Waals surface area contributed by atoms with Crippen LogP contribution in [0.15, 0.2) is 51.5 Å². The molecule has 1 amide bonds. The molecular formula is C19H18BrN3O3. The Labute approximate surface area is 159 Å². The molecule has 0 radical (unpaired) electrons. The van der Waals surface area contributed by atoms with Crippen molar-refractivity contribution in [3.05, 3.63) is 52.8 Å². The monoisotopic (exact) mass is 415 g/mol. The number of carbonyl (C=O) groups excluding carboxylic acids is 1. The molecule has 1 aromatic carbocycles. The van der Waals surface area contributed by atoms with Gasteiger partial charge in [-0.1, -0.05) is 12.1 Å². The second kappa shape index (κ2) is 6.99. The van der Waals surface area contributed by atoms with E-state index in [0.717, 1.165) is 28.8 Å². The molecule has 1 aliphatic heterocycles. The molecule has 0 bridgehead atoms. The smallest absolute Gasteiger partial charge is 0.289 e. The number of hydrogen-bond acceptors (Lipinski definition) is 5. The van der Waals surface area contributed by atoms with Crippen LogP contribution in [0.2, 0.25) is 0 Å². The fraction of sp³-hybridized carbons (Fsp3) is 0.263. The Morgan fingerprint density at radius 1 is 1.19 bits per heavy atom. The molecule has 3 aromatic rings. The van der Waals surface area contributed by atoms with Gasteiger partial charge in [0.25, 0.3) is 5.91 Å². The molecule has 2 aromatic heterocycles. The zero-order valence-corrected chi connectivity index (χ0v) is 15.9. The summed E-state index contributed by atoms with van der Waals surface area (Å²) >= 11 is 3.40. The van der Waals surface area contributed by atoms with Crippen molar-refractivity contribution in [2.45, 2.75) is 0 Å². The molecule has 1 fully saturated rings. The number of fused-ring (bicyclic) bond motifs is 1. The van der Waals surface area contributed by atoms with Crippen molar-refractivity contribution in [1.29, 1.82) is 0 Å². The number of nitrogens with zero attached hydrogens (tertiary/aromatic N) is 3. The summed E-state index contributed by atoms with van der Waals surface area (Å²) in [7, 11) is 1.59. The quantitative estimate of drug-likeness (QED) is 0.654. The van der Waals surface area contributed by atoms with Crippen molar-refractivity contribution in [3.8, 4) is 5.75 Å². The maximum absolute atomic E-state index is 12.8. The molecule has 0 spiro atoms. The molecule has 4 rings (SSSR count). The number of ether oxygens (including phenoxy) is 1. The van der Waals surface area contributed by atoms with Gasteiger partial charge in [0.1, 0.15) is 5.82 Å². The number of piperazine rings is 1. The van der Waals surface area contributed by atoms with E-state index in [0.29, 0.717) is 30.2 Å². The van der Waals surface area contributed by atoms with E-state index in [4.69, 9.17) is 9.15 Å². The molecule has 7 heteroatoms. The van der Waals surface area contributed by atoms with Gasteiger partial charge >= 0.3 is 0 Å². The summed E-state index contributed by atoms with van der Waals surface area (Å²) in [5.74, 6) is 1.81. The second-order valence-electron chi connectivity index (χ2n) is 6.10. The molecule has 134 valence electrons. The molecule has 0 unspecified atom stereocenters. The summed E-state index contributed by atoms with van der Waals surface area (Å²) in [6.07, 6.45) is 1.79. The van der Waals surface area contributed by atoms with Gasteiger partial charge in [0.2, 0.25) is 0 Å². The van der Waals surface area contributed by atoms with Crippen LogP contribution in [-0.2, 0) is 0 Å². The summed E-state index contributed by atoms with van der Waals surface area (Å²) in [5, 5.41) is 0.866. The molecule has 1 saturated heterocycles. The average molecular weight is 416 g/mol. The Bertz CT molecular complexity index is 931. The lowest BCUT2D eigenvalue weighted by Gasteiger charge is -2.35. The standard InChI is InChI=1S/C19H18BrN3O3/c1-25-15-4-2-3-13-11-16(26-18(13)15)19(24)23-9-7-22(8-10-23)17-6-5-14(20)12-21-17/h2-6,11-12H,7-10H2,1H3. The van der Waals surface area contributed by atoms with Crippen LogP contribution < -0.4 is 9.64 Å². The lowest BCUT2D eigenvalue weighted by molar-refractivity contribution is 0.0716. The molecule has 26 heavy (non-hydrogen) atoms. The number of benzene rings is 1. The number of para-hydroxylation sites is 1. The predicted molar refractivity (Wildman–Crippen MR) is 103 cm³/mol. The van der Waals surface area contributed by atoms with Crippen LogP contribution in [0.5, 0.6) is 5.75 Å². The van der Waals surface area contributed by atoms with Crippen LogP contribution in [0, 0.1) is 0 Å². The number of furan rings is 1. The predicted octanol–water partition coefficient (Wildman–Crippen LogP) is 3.56. The Balaban J connectivity index is 1.47. The van der Waals surface area contributed by atoms with Crippen molar-refractivity contribution in [1.82, 2.24) is 9.88 Å². The van der Waals surface area contributed by atoms with E-state index in [-0.39, 0.29) is 5.91 Å². The first-order valence-corrected chi connectivity index (χ1v) is 9.17. The van der Waals surface area contributed by atoms with E-state index >= 15 is 0 Å². The minimum atomic E-state index is -0.0910. The third-order valence-electron chi connectivity index (χ3n) is 4.54. The minimum Gasteiger partial charge on any atom is -0.493 e. The maximum Gasteiger partial charge on any atom is 0.289 e. The van der Waals surface area contributed by atoms with Crippen molar-refractivity contribution < 1.29 is 13.9 Å². The lowest BCUT2D eigenvalue weighted by atomic mass is 10.2. The summed E-state index contributed by atoms with van der Waals surface area (Å²) < 4.78 is 12.0. The highest BCUT2D eigenvalue weighted by atomic mass is 79.9. The Morgan fingerprint density at radius 3 is 2.69 bits per heavy atom. The Kier molecular flexibility index (Phi) is 4.55. The van der Waals surface area contributed by atoms with Gasteiger partial charge in [0.15, 0.2) is 17.1 Å². The normalized spacial score (nSPS) is 14.7. The highest BCUT2D eigenvalue weighted by Gasteiger charge is 2.25. The van der Waals surface area contributed by atoms with E-state index < -0.39 is 0 Å². The number of methoxy groups -OCH3 is 1. The van der Waals surface area contributed by atoms with Gasteiger partial charge in [-0.25, -0.2) is 4.98 Å². The number of anilines is 1. The second-order valence-corrected chi connectivity index (χ2v) is 7.02. The number of hydrogen-bond donors (Lipinski definition) is 0. The van der Waals surface area contributed by atoms with Crippen molar-refractivity contribution >= 4 is 38.6 Å². The zero-order valence-electron chi connectivity index (χ0n) is 14.3. The molecular weight excluding hydrogens is 398 g/mol. The number of rotatable bonds is 3.